The summed E-state index contributed by atoms with van der Waals surface area (Å²) < 4.78 is 5.51. The lowest BCUT2D eigenvalue weighted by Gasteiger charge is -2.27. The third-order valence-corrected chi connectivity index (χ3v) is 3.70. The summed E-state index contributed by atoms with van der Waals surface area (Å²) in [4.78, 5) is 12.3. The number of benzene rings is 1. The van der Waals surface area contributed by atoms with Crippen LogP contribution in [0.4, 0.5) is 0 Å². The molecule has 3 nitrogen and oxygen atoms in total. The highest BCUT2D eigenvalue weighted by molar-refractivity contribution is 5.74. The van der Waals surface area contributed by atoms with Gasteiger partial charge in [-0.05, 0) is 63.1 Å². The van der Waals surface area contributed by atoms with Crippen molar-refractivity contribution in [3.8, 4) is 5.75 Å². The van der Waals surface area contributed by atoms with Gasteiger partial charge in [-0.25, -0.2) is 0 Å². The van der Waals surface area contributed by atoms with Gasteiger partial charge in [-0.2, -0.15) is 0 Å². The minimum atomic E-state index is -0.460. The van der Waals surface area contributed by atoms with Gasteiger partial charge in [0, 0.05) is 0 Å². The van der Waals surface area contributed by atoms with Gasteiger partial charge in [0.15, 0.2) is 0 Å². The highest BCUT2D eigenvalue weighted by Gasteiger charge is 2.40. The van der Waals surface area contributed by atoms with E-state index in [1.165, 1.54) is 0 Å². The molecule has 20 heavy (non-hydrogen) atoms. The normalized spacial score (nSPS) is 18.4. The van der Waals surface area contributed by atoms with Crippen molar-refractivity contribution in [1.82, 2.24) is 0 Å². The second kappa shape index (κ2) is 5.47. The van der Waals surface area contributed by atoms with Crippen LogP contribution in [0.25, 0.3) is 0 Å². The number of ether oxygens (including phenoxy) is 1. The number of rotatable bonds is 4. The first-order valence-electron chi connectivity index (χ1n) is 7.30. The Balaban J connectivity index is 2.19. The van der Waals surface area contributed by atoms with Gasteiger partial charge >= 0.3 is 5.97 Å². The first kappa shape index (κ1) is 14.9. The van der Waals surface area contributed by atoms with Gasteiger partial charge in [-0.15, -0.1) is 0 Å². The molecule has 1 N–H and O–H groups in total. The van der Waals surface area contributed by atoms with E-state index >= 15 is 0 Å². The van der Waals surface area contributed by atoms with Gasteiger partial charge in [0.2, 0.25) is 0 Å². The standard InChI is InChI=1S/C17H24O3/c1-11(16(19)20-17(2,3)4)15(12-8-9-12)13-6-5-7-14(18)10-13/h5-7,10-12,15,18H,8-9H2,1-4H3/t11-,15+/m1/s1. The summed E-state index contributed by atoms with van der Waals surface area (Å²) in [6, 6.07) is 7.25. The third kappa shape index (κ3) is 3.75. The first-order valence-corrected chi connectivity index (χ1v) is 7.30. The largest absolute Gasteiger partial charge is 0.508 e. The molecule has 1 aromatic rings. The van der Waals surface area contributed by atoms with Crippen molar-refractivity contribution in [3.63, 3.8) is 0 Å². The molecule has 0 heterocycles. The molecule has 1 fully saturated rings. The van der Waals surface area contributed by atoms with Gasteiger partial charge in [-0.1, -0.05) is 19.1 Å². The molecule has 110 valence electrons. The van der Waals surface area contributed by atoms with Crippen LogP contribution in [0.5, 0.6) is 5.75 Å². The number of hydrogen-bond acceptors (Lipinski definition) is 3. The number of hydrogen-bond donors (Lipinski definition) is 1. The molecule has 3 heteroatoms. The van der Waals surface area contributed by atoms with Crippen LogP contribution in [-0.4, -0.2) is 16.7 Å². The molecule has 1 saturated carbocycles. The van der Waals surface area contributed by atoms with Gasteiger partial charge in [0.05, 0.1) is 5.92 Å². The smallest absolute Gasteiger partial charge is 0.309 e. The van der Waals surface area contributed by atoms with Crippen molar-refractivity contribution in [2.75, 3.05) is 0 Å². The molecule has 0 amide bonds. The summed E-state index contributed by atoms with van der Waals surface area (Å²) in [5, 5.41) is 9.65. The maximum atomic E-state index is 12.3. The number of aromatic hydroxyl groups is 1. The van der Waals surface area contributed by atoms with Crippen molar-refractivity contribution in [1.29, 1.82) is 0 Å². The van der Waals surface area contributed by atoms with Crippen LogP contribution in [-0.2, 0) is 9.53 Å². The maximum Gasteiger partial charge on any atom is 0.309 e. The molecular weight excluding hydrogens is 252 g/mol. The fourth-order valence-corrected chi connectivity index (χ4v) is 2.70. The quantitative estimate of drug-likeness (QED) is 0.849. The van der Waals surface area contributed by atoms with Crippen LogP contribution in [0.3, 0.4) is 0 Å². The molecule has 1 aliphatic carbocycles. The molecule has 1 aliphatic rings. The highest BCUT2D eigenvalue weighted by Crippen LogP contribution is 2.47. The topological polar surface area (TPSA) is 46.5 Å². The van der Waals surface area contributed by atoms with Crippen LogP contribution >= 0.6 is 0 Å². The van der Waals surface area contributed by atoms with Crippen molar-refractivity contribution in [2.45, 2.75) is 52.1 Å². The third-order valence-electron chi connectivity index (χ3n) is 3.70. The Labute approximate surface area is 121 Å². The highest BCUT2D eigenvalue weighted by atomic mass is 16.6. The second-order valence-electron chi connectivity index (χ2n) is 6.78. The Hall–Kier alpha value is -1.51. The minimum absolute atomic E-state index is 0.136. The van der Waals surface area contributed by atoms with Gasteiger partial charge in [-0.3, -0.25) is 4.79 Å². The molecule has 0 saturated heterocycles. The summed E-state index contributed by atoms with van der Waals surface area (Å²) in [5.74, 6) is 0.571. The Morgan fingerprint density at radius 2 is 2.00 bits per heavy atom. The van der Waals surface area contributed by atoms with E-state index in [1.807, 2.05) is 39.8 Å². The predicted octanol–water partition coefficient (Wildman–Crippen LogP) is 3.86. The summed E-state index contributed by atoms with van der Waals surface area (Å²) >= 11 is 0. The fraction of sp³-hybridized carbons (Fsp3) is 0.588. The van der Waals surface area contributed by atoms with E-state index in [0.717, 1.165) is 18.4 Å². The maximum absolute atomic E-state index is 12.3. The molecule has 0 spiro atoms. The number of carbonyl (C=O) groups is 1. The Kier molecular flexibility index (Phi) is 4.07. The Bertz CT molecular complexity index is 483. The monoisotopic (exact) mass is 276 g/mol. The van der Waals surface area contributed by atoms with Crippen LogP contribution in [0.2, 0.25) is 0 Å². The zero-order chi connectivity index (χ0) is 14.9. The molecule has 0 bridgehead atoms. The molecule has 0 radical (unpaired) electrons. The SMILES string of the molecule is C[C@@H](C(=O)OC(C)(C)C)[C@H](c1cccc(O)c1)C1CC1. The lowest BCUT2D eigenvalue weighted by molar-refractivity contribution is -0.160. The minimum Gasteiger partial charge on any atom is -0.508 e. The lowest BCUT2D eigenvalue weighted by Crippen LogP contribution is -2.31. The molecule has 0 aliphatic heterocycles. The van der Waals surface area contributed by atoms with E-state index in [2.05, 4.69) is 0 Å². The number of phenolic OH excluding ortho intramolecular Hbond substituents is 1. The molecular formula is C17H24O3. The molecule has 0 aromatic heterocycles. The number of esters is 1. The summed E-state index contributed by atoms with van der Waals surface area (Å²) in [7, 11) is 0. The van der Waals surface area contributed by atoms with Gasteiger partial charge in [0.1, 0.15) is 11.4 Å². The summed E-state index contributed by atoms with van der Waals surface area (Å²) in [6.45, 7) is 7.59. The number of carbonyl (C=O) groups excluding carboxylic acids is 1. The van der Waals surface area contributed by atoms with E-state index in [1.54, 1.807) is 12.1 Å². The number of phenols is 1. The average molecular weight is 276 g/mol. The molecule has 1 aromatic carbocycles. The first-order chi connectivity index (χ1) is 9.28. The van der Waals surface area contributed by atoms with Crippen molar-refractivity contribution in [2.24, 2.45) is 11.8 Å². The zero-order valence-electron chi connectivity index (χ0n) is 12.7. The summed E-state index contributed by atoms with van der Waals surface area (Å²) in [5.41, 5.74) is 0.573. The van der Waals surface area contributed by atoms with Crippen molar-refractivity contribution < 1.29 is 14.6 Å². The van der Waals surface area contributed by atoms with E-state index in [0.29, 0.717) is 5.92 Å². The lowest BCUT2D eigenvalue weighted by atomic mass is 9.83. The van der Waals surface area contributed by atoms with E-state index < -0.39 is 5.60 Å². The van der Waals surface area contributed by atoms with Crippen LogP contribution in [0.1, 0.15) is 52.0 Å². The fourth-order valence-electron chi connectivity index (χ4n) is 2.70. The Morgan fingerprint density at radius 3 is 2.50 bits per heavy atom. The molecule has 0 unspecified atom stereocenters. The van der Waals surface area contributed by atoms with Crippen molar-refractivity contribution >= 4 is 5.97 Å². The van der Waals surface area contributed by atoms with Crippen molar-refractivity contribution in [3.05, 3.63) is 29.8 Å². The van der Waals surface area contributed by atoms with Crippen LogP contribution in [0, 0.1) is 11.8 Å². The van der Waals surface area contributed by atoms with E-state index in [-0.39, 0.29) is 23.6 Å². The molecule has 2 atom stereocenters. The van der Waals surface area contributed by atoms with Crippen LogP contribution < -0.4 is 0 Å². The van der Waals surface area contributed by atoms with E-state index in [9.17, 15) is 9.90 Å². The molecule has 2 rings (SSSR count). The summed E-state index contributed by atoms with van der Waals surface area (Å²) in [6.07, 6.45) is 2.29. The average Bonchev–Trinajstić information content (AvgIpc) is 3.11. The second-order valence-corrected chi connectivity index (χ2v) is 6.78. The van der Waals surface area contributed by atoms with Gasteiger partial charge in [0.25, 0.3) is 0 Å². The van der Waals surface area contributed by atoms with Crippen LogP contribution in [0.15, 0.2) is 24.3 Å². The predicted molar refractivity (Wildman–Crippen MR) is 78.6 cm³/mol. The zero-order valence-corrected chi connectivity index (χ0v) is 12.7. The van der Waals surface area contributed by atoms with Gasteiger partial charge < -0.3 is 9.84 Å². The van der Waals surface area contributed by atoms with E-state index in [4.69, 9.17) is 4.74 Å². The Morgan fingerprint density at radius 1 is 1.35 bits per heavy atom.